The SMILES string of the molecule is C[C-](C#N)c1cccc(C(F)(F)F)c1.[Li+]. The number of benzene rings is 1. The van der Waals surface area contributed by atoms with Crippen LogP contribution < -0.4 is 18.9 Å². The van der Waals surface area contributed by atoms with E-state index in [9.17, 15) is 13.2 Å². The van der Waals surface area contributed by atoms with E-state index in [0.717, 1.165) is 12.1 Å². The molecule has 0 heterocycles. The van der Waals surface area contributed by atoms with Crippen LogP contribution in [-0.4, -0.2) is 0 Å². The van der Waals surface area contributed by atoms with E-state index in [0.29, 0.717) is 5.56 Å². The normalized spacial score (nSPS) is 10.1. The fourth-order valence-corrected chi connectivity index (χ4v) is 0.993. The van der Waals surface area contributed by atoms with Crippen LogP contribution in [0.2, 0.25) is 0 Å². The Morgan fingerprint density at radius 3 is 2.40 bits per heavy atom. The van der Waals surface area contributed by atoms with Crippen LogP contribution in [0.5, 0.6) is 0 Å². The summed E-state index contributed by atoms with van der Waals surface area (Å²) >= 11 is 0. The molecule has 74 valence electrons. The molecule has 0 amide bonds. The van der Waals surface area contributed by atoms with Crippen molar-refractivity contribution >= 4 is 0 Å². The van der Waals surface area contributed by atoms with Gasteiger partial charge in [0.1, 0.15) is 0 Å². The third-order valence-corrected chi connectivity index (χ3v) is 1.79. The maximum atomic E-state index is 12.2. The summed E-state index contributed by atoms with van der Waals surface area (Å²) in [6.45, 7) is 1.48. The summed E-state index contributed by atoms with van der Waals surface area (Å²) in [4.78, 5) is 0. The minimum absolute atomic E-state index is 0. The van der Waals surface area contributed by atoms with E-state index in [1.54, 1.807) is 0 Å². The van der Waals surface area contributed by atoms with Crippen LogP contribution in [0.3, 0.4) is 0 Å². The van der Waals surface area contributed by atoms with Crippen LogP contribution in [0.4, 0.5) is 13.2 Å². The average molecular weight is 205 g/mol. The van der Waals surface area contributed by atoms with Crippen LogP contribution in [-0.2, 0) is 6.18 Å². The maximum Gasteiger partial charge on any atom is 1.00 e. The minimum Gasteiger partial charge on any atom is -0.208 e. The third kappa shape index (κ3) is 3.55. The Hall–Kier alpha value is -1.03. The molecule has 0 bridgehead atoms. The fourth-order valence-electron chi connectivity index (χ4n) is 0.993. The number of halogens is 3. The van der Waals surface area contributed by atoms with Crippen molar-refractivity contribution in [3.8, 4) is 6.07 Å². The molecular formula is C10H7F3LiN. The molecule has 0 saturated carbocycles. The predicted molar refractivity (Wildman–Crippen MR) is 45.1 cm³/mol. The number of alkyl halides is 3. The summed E-state index contributed by atoms with van der Waals surface area (Å²) < 4.78 is 36.7. The molecule has 1 aromatic carbocycles. The van der Waals surface area contributed by atoms with Gasteiger partial charge in [-0.1, -0.05) is 18.9 Å². The van der Waals surface area contributed by atoms with Crippen molar-refractivity contribution in [3.63, 3.8) is 0 Å². The van der Waals surface area contributed by atoms with Gasteiger partial charge in [-0.2, -0.15) is 24.8 Å². The molecule has 0 N–H and O–H groups in total. The van der Waals surface area contributed by atoms with E-state index in [4.69, 9.17) is 5.26 Å². The molecule has 0 radical (unpaired) electrons. The zero-order valence-electron chi connectivity index (χ0n) is 8.39. The van der Waals surface area contributed by atoms with Crippen molar-refractivity contribution in [2.45, 2.75) is 13.1 Å². The summed E-state index contributed by atoms with van der Waals surface area (Å²) in [5, 5.41) is 8.51. The molecule has 0 spiro atoms. The Morgan fingerprint density at radius 2 is 1.93 bits per heavy atom. The Kier molecular flexibility index (Phi) is 4.81. The summed E-state index contributed by atoms with van der Waals surface area (Å²) in [6, 6.07) is 6.53. The monoisotopic (exact) mass is 205 g/mol. The standard InChI is InChI=1S/C10H7F3N.Li/c1-7(6-14)8-3-2-4-9(5-8)10(11,12)13;/h2-5H,1H3;/q-1;+1. The van der Waals surface area contributed by atoms with Gasteiger partial charge in [0.15, 0.2) is 0 Å². The molecule has 1 nitrogen and oxygen atoms in total. The van der Waals surface area contributed by atoms with Crippen LogP contribution in [0.15, 0.2) is 24.3 Å². The van der Waals surface area contributed by atoms with Crippen molar-refractivity contribution in [1.82, 2.24) is 0 Å². The minimum atomic E-state index is -4.36. The van der Waals surface area contributed by atoms with Crippen molar-refractivity contribution < 1.29 is 32.0 Å². The second-order valence-electron chi connectivity index (χ2n) is 2.82. The van der Waals surface area contributed by atoms with E-state index in [1.807, 2.05) is 6.07 Å². The van der Waals surface area contributed by atoms with Gasteiger partial charge < -0.3 is 0 Å². The topological polar surface area (TPSA) is 23.8 Å². The van der Waals surface area contributed by atoms with Crippen molar-refractivity contribution in [3.05, 3.63) is 41.3 Å². The summed E-state index contributed by atoms with van der Waals surface area (Å²) in [5.41, 5.74) is -0.424. The second kappa shape index (κ2) is 5.16. The molecule has 0 aliphatic carbocycles. The van der Waals surface area contributed by atoms with Crippen molar-refractivity contribution in [2.75, 3.05) is 0 Å². The first-order valence-electron chi connectivity index (χ1n) is 3.86. The average Bonchev–Trinajstić information content (AvgIpc) is 2.15. The first-order chi connectivity index (χ1) is 6.45. The Labute approximate surface area is 98.1 Å². The first kappa shape index (κ1) is 14.0. The molecule has 5 heteroatoms. The number of nitrogens with zero attached hydrogens (tertiary/aromatic N) is 1. The van der Waals surface area contributed by atoms with Gasteiger partial charge in [-0.3, -0.25) is 0 Å². The van der Waals surface area contributed by atoms with Gasteiger partial charge in [-0.25, -0.2) is 5.26 Å². The zero-order valence-corrected chi connectivity index (χ0v) is 8.39. The number of hydrogen-bond acceptors (Lipinski definition) is 1. The first-order valence-corrected chi connectivity index (χ1v) is 3.86. The van der Waals surface area contributed by atoms with Gasteiger partial charge in [0.25, 0.3) is 0 Å². The molecule has 1 rings (SSSR count). The van der Waals surface area contributed by atoms with E-state index < -0.39 is 11.7 Å². The van der Waals surface area contributed by atoms with E-state index in [-0.39, 0.29) is 24.8 Å². The van der Waals surface area contributed by atoms with E-state index >= 15 is 0 Å². The van der Waals surface area contributed by atoms with Gasteiger partial charge in [-0.05, 0) is 5.56 Å². The van der Waals surface area contributed by atoms with Crippen LogP contribution in [0.1, 0.15) is 18.1 Å². The van der Waals surface area contributed by atoms with Crippen LogP contribution in [0.25, 0.3) is 0 Å². The third-order valence-electron chi connectivity index (χ3n) is 1.79. The van der Waals surface area contributed by atoms with Gasteiger partial charge in [0.05, 0.1) is 0 Å². The molecule has 0 atom stereocenters. The predicted octanol–water partition coefficient (Wildman–Crippen LogP) is 0.175. The van der Waals surface area contributed by atoms with Crippen LogP contribution >= 0.6 is 0 Å². The number of rotatable bonds is 1. The van der Waals surface area contributed by atoms with Crippen LogP contribution in [0, 0.1) is 17.2 Å². The fraction of sp³-hybridized carbons (Fsp3) is 0.200. The van der Waals surface area contributed by atoms with Gasteiger partial charge >= 0.3 is 25.0 Å². The molecule has 0 aliphatic heterocycles. The van der Waals surface area contributed by atoms with Crippen molar-refractivity contribution in [1.29, 1.82) is 5.26 Å². The largest absolute Gasteiger partial charge is 1.00 e. The van der Waals surface area contributed by atoms with Gasteiger partial charge in [0.2, 0.25) is 0 Å². The Balaban J connectivity index is 0.00000196. The number of hydrogen-bond donors (Lipinski definition) is 0. The molecular weight excluding hydrogens is 198 g/mol. The van der Waals surface area contributed by atoms with Gasteiger partial charge in [-0.15, -0.1) is 12.1 Å². The van der Waals surface area contributed by atoms with Crippen molar-refractivity contribution in [2.24, 2.45) is 0 Å². The molecule has 1 aromatic rings. The number of nitriles is 1. The second-order valence-corrected chi connectivity index (χ2v) is 2.82. The maximum absolute atomic E-state index is 12.2. The smallest absolute Gasteiger partial charge is 0.208 e. The van der Waals surface area contributed by atoms with E-state index in [1.165, 1.54) is 19.1 Å². The quantitative estimate of drug-likeness (QED) is 0.473. The summed E-state index contributed by atoms with van der Waals surface area (Å²) in [7, 11) is 0. The molecule has 0 aliphatic rings. The molecule has 0 saturated heterocycles. The van der Waals surface area contributed by atoms with Gasteiger partial charge in [0, 0.05) is 6.07 Å². The molecule has 0 aromatic heterocycles. The molecule has 0 fully saturated rings. The Morgan fingerprint density at radius 1 is 1.33 bits per heavy atom. The zero-order chi connectivity index (χ0) is 10.8. The Bertz CT molecular complexity index is 368. The summed E-state index contributed by atoms with van der Waals surface area (Å²) in [5.74, 6) is 0.274. The molecule has 0 unspecified atom stereocenters. The summed E-state index contributed by atoms with van der Waals surface area (Å²) in [6.07, 6.45) is -4.36. The molecule has 15 heavy (non-hydrogen) atoms. The van der Waals surface area contributed by atoms with E-state index in [2.05, 4.69) is 0 Å².